The first-order valence-corrected chi connectivity index (χ1v) is 9.34. The quantitative estimate of drug-likeness (QED) is 0.891. The molecule has 0 saturated carbocycles. The smallest absolute Gasteiger partial charge is 0.0730 e. The van der Waals surface area contributed by atoms with Gasteiger partial charge in [-0.05, 0) is 68.9 Å². The van der Waals surface area contributed by atoms with Crippen molar-refractivity contribution in [2.45, 2.75) is 37.8 Å². The zero-order valence-electron chi connectivity index (χ0n) is 13.7. The summed E-state index contributed by atoms with van der Waals surface area (Å²) in [6.07, 6.45) is 5.01. The van der Waals surface area contributed by atoms with Gasteiger partial charge in [0.1, 0.15) is 0 Å². The molecule has 0 aliphatic carbocycles. The van der Waals surface area contributed by atoms with Crippen LogP contribution in [-0.2, 0) is 11.2 Å². The van der Waals surface area contributed by atoms with Crippen LogP contribution in [0.4, 0.5) is 0 Å². The molecule has 1 aromatic rings. The van der Waals surface area contributed by atoms with Gasteiger partial charge >= 0.3 is 0 Å². The normalized spacial score (nSPS) is 27.3. The van der Waals surface area contributed by atoms with Crippen molar-refractivity contribution < 1.29 is 4.74 Å². The number of benzene rings is 1. The highest BCUT2D eigenvalue weighted by molar-refractivity contribution is 6.42. The van der Waals surface area contributed by atoms with E-state index in [0.717, 1.165) is 32.1 Å². The SMILES string of the molecule is CO[C@@H]1CN(C2CCNCC2)CCC1Cc1ccc(Cl)c(Cl)c1. The van der Waals surface area contributed by atoms with Gasteiger partial charge in [0.15, 0.2) is 0 Å². The largest absolute Gasteiger partial charge is 0.380 e. The third-order valence-electron chi connectivity index (χ3n) is 5.34. The van der Waals surface area contributed by atoms with Gasteiger partial charge in [0.05, 0.1) is 16.1 Å². The topological polar surface area (TPSA) is 24.5 Å². The molecule has 0 spiro atoms. The first-order valence-electron chi connectivity index (χ1n) is 8.59. The molecular formula is C18H26Cl2N2O. The van der Waals surface area contributed by atoms with Crippen molar-refractivity contribution >= 4 is 23.2 Å². The van der Waals surface area contributed by atoms with Gasteiger partial charge in [-0.1, -0.05) is 29.3 Å². The Morgan fingerprint density at radius 2 is 1.96 bits per heavy atom. The monoisotopic (exact) mass is 356 g/mol. The molecule has 3 rings (SSSR count). The number of hydrogen-bond donors (Lipinski definition) is 1. The van der Waals surface area contributed by atoms with Gasteiger partial charge in [-0.25, -0.2) is 0 Å². The molecule has 0 bridgehead atoms. The zero-order valence-corrected chi connectivity index (χ0v) is 15.2. The number of piperidine rings is 2. The maximum absolute atomic E-state index is 6.15. The summed E-state index contributed by atoms with van der Waals surface area (Å²) < 4.78 is 5.83. The highest BCUT2D eigenvalue weighted by atomic mass is 35.5. The summed E-state index contributed by atoms with van der Waals surface area (Å²) in [5.74, 6) is 0.551. The molecule has 1 N–H and O–H groups in total. The summed E-state index contributed by atoms with van der Waals surface area (Å²) in [5.41, 5.74) is 1.25. The number of rotatable bonds is 4. The van der Waals surface area contributed by atoms with Crippen molar-refractivity contribution in [1.29, 1.82) is 0 Å². The molecule has 0 amide bonds. The lowest BCUT2D eigenvalue weighted by Crippen LogP contribution is -2.52. The number of nitrogens with zero attached hydrogens (tertiary/aromatic N) is 1. The molecule has 23 heavy (non-hydrogen) atoms. The number of likely N-dealkylation sites (tertiary alicyclic amines) is 1. The first kappa shape index (κ1) is 17.5. The molecule has 0 radical (unpaired) electrons. The second kappa shape index (κ2) is 8.17. The van der Waals surface area contributed by atoms with Crippen LogP contribution >= 0.6 is 23.2 Å². The Labute approximate surface area is 149 Å². The number of hydrogen-bond acceptors (Lipinski definition) is 3. The molecule has 2 saturated heterocycles. The van der Waals surface area contributed by atoms with Crippen molar-refractivity contribution in [2.24, 2.45) is 5.92 Å². The summed E-state index contributed by atoms with van der Waals surface area (Å²) in [4.78, 5) is 2.64. The molecule has 128 valence electrons. The number of halogens is 2. The highest BCUT2D eigenvalue weighted by Crippen LogP contribution is 2.29. The summed E-state index contributed by atoms with van der Waals surface area (Å²) in [6.45, 7) is 4.51. The van der Waals surface area contributed by atoms with Crippen LogP contribution in [0.5, 0.6) is 0 Å². The fourth-order valence-corrected chi connectivity index (χ4v) is 4.28. The van der Waals surface area contributed by atoms with E-state index in [-0.39, 0.29) is 0 Å². The Morgan fingerprint density at radius 1 is 1.17 bits per heavy atom. The second-order valence-electron chi connectivity index (χ2n) is 6.75. The summed E-state index contributed by atoms with van der Waals surface area (Å²) in [6, 6.07) is 6.70. The van der Waals surface area contributed by atoms with Crippen LogP contribution in [0, 0.1) is 5.92 Å². The minimum absolute atomic E-state index is 0.299. The molecule has 2 atom stereocenters. The molecule has 3 nitrogen and oxygen atoms in total. The van der Waals surface area contributed by atoms with E-state index in [0.29, 0.717) is 22.1 Å². The molecule has 0 aromatic heterocycles. The minimum atomic E-state index is 0.299. The van der Waals surface area contributed by atoms with Crippen LogP contribution in [0.15, 0.2) is 18.2 Å². The fourth-order valence-electron chi connectivity index (χ4n) is 3.96. The van der Waals surface area contributed by atoms with Gasteiger partial charge in [0, 0.05) is 19.7 Å². The zero-order chi connectivity index (χ0) is 16.2. The van der Waals surface area contributed by atoms with Crippen molar-refractivity contribution in [3.63, 3.8) is 0 Å². The Kier molecular flexibility index (Phi) is 6.22. The van der Waals surface area contributed by atoms with E-state index in [4.69, 9.17) is 27.9 Å². The van der Waals surface area contributed by atoms with Crippen LogP contribution in [0.1, 0.15) is 24.8 Å². The van der Waals surface area contributed by atoms with Crippen LogP contribution < -0.4 is 5.32 Å². The Balaban J connectivity index is 1.61. The molecule has 5 heteroatoms. The number of nitrogens with one attached hydrogen (secondary N) is 1. The van der Waals surface area contributed by atoms with E-state index in [1.54, 1.807) is 0 Å². The van der Waals surface area contributed by atoms with Gasteiger partial charge in [0.2, 0.25) is 0 Å². The molecule has 2 aliphatic rings. The lowest BCUT2D eigenvalue weighted by Gasteiger charge is -2.43. The third-order valence-corrected chi connectivity index (χ3v) is 6.08. The van der Waals surface area contributed by atoms with E-state index in [2.05, 4.69) is 16.3 Å². The van der Waals surface area contributed by atoms with Crippen LogP contribution in [0.2, 0.25) is 10.0 Å². The van der Waals surface area contributed by atoms with Crippen molar-refractivity contribution in [3.05, 3.63) is 33.8 Å². The molecule has 2 aliphatic heterocycles. The van der Waals surface area contributed by atoms with Gasteiger partial charge in [0.25, 0.3) is 0 Å². The predicted molar refractivity (Wildman–Crippen MR) is 96.5 cm³/mol. The lowest BCUT2D eigenvalue weighted by atomic mass is 9.86. The molecule has 1 unspecified atom stereocenters. The maximum Gasteiger partial charge on any atom is 0.0730 e. The summed E-state index contributed by atoms with van der Waals surface area (Å²) in [7, 11) is 1.85. The molecular weight excluding hydrogens is 331 g/mol. The second-order valence-corrected chi connectivity index (χ2v) is 7.57. The molecule has 2 fully saturated rings. The summed E-state index contributed by atoms with van der Waals surface area (Å²) >= 11 is 12.2. The van der Waals surface area contributed by atoms with E-state index in [1.165, 1.54) is 31.4 Å². The Hall–Kier alpha value is -0.320. The van der Waals surface area contributed by atoms with Gasteiger partial charge in [-0.2, -0.15) is 0 Å². The van der Waals surface area contributed by atoms with E-state index < -0.39 is 0 Å². The van der Waals surface area contributed by atoms with E-state index in [9.17, 15) is 0 Å². The van der Waals surface area contributed by atoms with E-state index >= 15 is 0 Å². The maximum atomic E-state index is 6.15. The van der Waals surface area contributed by atoms with Crippen molar-refractivity contribution in [2.75, 3.05) is 33.3 Å². The van der Waals surface area contributed by atoms with Crippen LogP contribution in [0.25, 0.3) is 0 Å². The Morgan fingerprint density at radius 3 is 2.65 bits per heavy atom. The van der Waals surface area contributed by atoms with Crippen LogP contribution in [0.3, 0.4) is 0 Å². The van der Waals surface area contributed by atoms with Crippen molar-refractivity contribution in [1.82, 2.24) is 10.2 Å². The first-order chi connectivity index (χ1) is 11.2. The fraction of sp³-hybridized carbons (Fsp3) is 0.667. The van der Waals surface area contributed by atoms with Gasteiger partial charge in [-0.3, -0.25) is 4.90 Å². The van der Waals surface area contributed by atoms with Crippen molar-refractivity contribution in [3.8, 4) is 0 Å². The van der Waals surface area contributed by atoms with Gasteiger partial charge in [-0.15, -0.1) is 0 Å². The molecule has 1 aromatic carbocycles. The van der Waals surface area contributed by atoms with E-state index in [1.807, 2.05) is 19.2 Å². The lowest BCUT2D eigenvalue weighted by molar-refractivity contribution is -0.0285. The average molecular weight is 357 g/mol. The standard InChI is InChI=1S/C18H26Cl2N2O/c1-23-18-12-22(15-4-7-21-8-5-15)9-6-14(18)10-13-2-3-16(19)17(20)11-13/h2-3,11,14-15,18,21H,4-10,12H2,1H3/t14?,18-/m1/s1. The number of ether oxygens (including phenoxy) is 1. The average Bonchev–Trinajstić information content (AvgIpc) is 2.59. The number of methoxy groups -OCH3 is 1. The highest BCUT2D eigenvalue weighted by Gasteiger charge is 2.33. The predicted octanol–water partition coefficient (Wildman–Crippen LogP) is 3.62. The Bertz CT molecular complexity index is 520. The third kappa shape index (κ3) is 4.40. The summed E-state index contributed by atoms with van der Waals surface area (Å²) in [5, 5.41) is 4.72. The minimum Gasteiger partial charge on any atom is -0.380 e. The van der Waals surface area contributed by atoms with Crippen LogP contribution in [-0.4, -0.2) is 50.3 Å². The van der Waals surface area contributed by atoms with Gasteiger partial charge < -0.3 is 10.1 Å². The molecule has 2 heterocycles.